The molecule has 2 nitrogen and oxygen atoms in total. The van der Waals surface area contributed by atoms with E-state index in [0.29, 0.717) is 0 Å². The van der Waals surface area contributed by atoms with Gasteiger partial charge in [0.15, 0.2) is 0 Å². The van der Waals surface area contributed by atoms with Crippen LogP contribution in [0, 0.1) is 0 Å². The quantitative estimate of drug-likeness (QED) is 0.327. The van der Waals surface area contributed by atoms with Crippen LogP contribution in [0.3, 0.4) is 0 Å². The van der Waals surface area contributed by atoms with Gasteiger partial charge < -0.3 is 4.84 Å². The van der Waals surface area contributed by atoms with Gasteiger partial charge in [0.2, 0.25) is 0 Å². The zero-order valence-corrected chi connectivity index (χ0v) is 7.56. The summed E-state index contributed by atoms with van der Waals surface area (Å²) in [7, 11) is 1.53. The first kappa shape index (κ1) is 16.7. The number of nitrogens with zero attached hydrogens (tertiary/aromatic N) is 1. The molecule has 0 aliphatic heterocycles. The van der Waals surface area contributed by atoms with Crippen LogP contribution in [0.1, 0.15) is 35.1 Å². The molecule has 0 radical (unpaired) electrons. The lowest BCUT2D eigenvalue weighted by Crippen LogP contribution is -1.79. The number of hydrogen-bond donors (Lipinski definition) is 0. The minimum Gasteiger partial charge on any atom is -0.399 e. The van der Waals surface area contributed by atoms with E-state index in [1.54, 1.807) is 0 Å². The molecule has 2 heteroatoms. The lowest BCUT2D eigenvalue weighted by molar-refractivity contribution is 0.213. The molecule has 0 aliphatic carbocycles. The minimum atomic E-state index is 0. The van der Waals surface area contributed by atoms with Gasteiger partial charge in [0.25, 0.3) is 0 Å². The van der Waals surface area contributed by atoms with Gasteiger partial charge in [0.1, 0.15) is 7.11 Å². The first-order valence-corrected chi connectivity index (χ1v) is 3.17. The molecule has 0 bridgehead atoms. The van der Waals surface area contributed by atoms with Crippen molar-refractivity contribution in [3.05, 3.63) is 12.2 Å². The first-order chi connectivity index (χ1) is 4.50. The van der Waals surface area contributed by atoms with Gasteiger partial charge in [-0.3, -0.25) is 0 Å². The standard InChI is InChI=1S/C4H9NO.C4H8.CH4/c1-4(2)5-6-3;1-4(2)3;/h1-3H3;1H2,2-3H3;1H4. The van der Waals surface area contributed by atoms with E-state index >= 15 is 0 Å². The van der Waals surface area contributed by atoms with Crippen molar-refractivity contribution in [2.45, 2.75) is 35.1 Å². The summed E-state index contributed by atoms with van der Waals surface area (Å²) < 4.78 is 0. The normalized spacial score (nSPS) is 6.27. The predicted molar refractivity (Wildman–Crippen MR) is 53.0 cm³/mol. The van der Waals surface area contributed by atoms with Crippen LogP contribution < -0.4 is 0 Å². The van der Waals surface area contributed by atoms with Gasteiger partial charge in [-0.1, -0.05) is 18.2 Å². The van der Waals surface area contributed by atoms with Gasteiger partial charge in [0, 0.05) is 0 Å². The summed E-state index contributed by atoms with van der Waals surface area (Å²) in [6.07, 6.45) is 0. The van der Waals surface area contributed by atoms with Gasteiger partial charge in [-0.15, -0.1) is 6.58 Å². The summed E-state index contributed by atoms with van der Waals surface area (Å²) in [5, 5.41) is 3.54. The largest absolute Gasteiger partial charge is 0.399 e. The average molecular weight is 159 g/mol. The zero-order chi connectivity index (χ0) is 8.57. The van der Waals surface area contributed by atoms with Crippen molar-refractivity contribution in [1.29, 1.82) is 0 Å². The molecule has 0 aromatic rings. The van der Waals surface area contributed by atoms with E-state index < -0.39 is 0 Å². The molecule has 0 spiro atoms. The van der Waals surface area contributed by atoms with Crippen molar-refractivity contribution >= 4 is 5.71 Å². The molecule has 0 aromatic heterocycles. The Morgan fingerprint density at radius 3 is 1.45 bits per heavy atom. The van der Waals surface area contributed by atoms with Crippen molar-refractivity contribution < 1.29 is 4.84 Å². The molecular formula is C9H21NO. The van der Waals surface area contributed by atoms with Crippen LogP contribution in [0.2, 0.25) is 0 Å². The molecule has 0 rings (SSSR count). The van der Waals surface area contributed by atoms with Crippen molar-refractivity contribution in [2.24, 2.45) is 5.16 Å². The van der Waals surface area contributed by atoms with Crippen molar-refractivity contribution in [2.75, 3.05) is 7.11 Å². The van der Waals surface area contributed by atoms with Crippen LogP contribution in [-0.2, 0) is 4.84 Å². The van der Waals surface area contributed by atoms with Crippen molar-refractivity contribution in [3.63, 3.8) is 0 Å². The molecule has 0 aliphatic rings. The van der Waals surface area contributed by atoms with E-state index in [0.717, 1.165) is 5.71 Å². The second-order valence-corrected chi connectivity index (χ2v) is 2.43. The molecular weight excluding hydrogens is 138 g/mol. The van der Waals surface area contributed by atoms with Gasteiger partial charge in [-0.2, -0.15) is 0 Å². The Morgan fingerprint density at radius 2 is 1.45 bits per heavy atom. The topological polar surface area (TPSA) is 21.6 Å². The average Bonchev–Trinajstić information content (AvgIpc) is 1.62. The van der Waals surface area contributed by atoms with E-state index in [1.807, 2.05) is 27.7 Å². The molecule has 0 saturated carbocycles. The molecule has 68 valence electrons. The Balaban J connectivity index is -0.000000114. The fourth-order valence-electron chi connectivity index (χ4n) is 0.183. The highest BCUT2D eigenvalue weighted by molar-refractivity contribution is 5.78. The maximum absolute atomic E-state index is 4.39. The Labute approximate surface area is 70.9 Å². The summed E-state index contributed by atoms with van der Waals surface area (Å²) >= 11 is 0. The highest BCUT2D eigenvalue weighted by Gasteiger charge is 1.69. The third kappa shape index (κ3) is 98.0. The smallest absolute Gasteiger partial charge is 0.106 e. The van der Waals surface area contributed by atoms with E-state index in [-0.39, 0.29) is 7.43 Å². The molecule has 0 heterocycles. The number of allylic oxidation sites excluding steroid dienone is 1. The maximum Gasteiger partial charge on any atom is 0.106 e. The minimum absolute atomic E-state index is 0. The number of hydrogen-bond acceptors (Lipinski definition) is 2. The molecule has 0 fully saturated rings. The molecule has 0 aromatic carbocycles. The van der Waals surface area contributed by atoms with Crippen LogP contribution in [0.5, 0.6) is 0 Å². The fourth-order valence-corrected chi connectivity index (χ4v) is 0.183. The highest BCUT2D eigenvalue weighted by Crippen LogP contribution is 1.73. The van der Waals surface area contributed by atoms with Crippen molar-refractivity contribution in [3.8, 4) is 0 Å². The SMILES string of the molecule is C.C=C(C)C.CON=C(C)C. The molecule has 0 amide bonds. The van der Waals surface area contributed by atoms with Crippen LogP contribution in [0.25, 0.3) is 0 Å². The third-order valence-corrected chi connectivity index (χ3v) is 0.274. The van der Waals surface area contributed by atoms with E-state index in [9.17, 15) is 0 Å². The Hall–Kier alpha value is -0.790. The maximum atomic E-state index is 4.39. The van der Waals surface area contributed by atoms with E-state index in [2.05, 4.69) is 16.6 Å². The van der Waals surface area contributed by atoms with Crippen LogP contribution in [0.4, 0.5) is 0 Å². The second-order valence-electron chi connectivity index (χ2n) is 2.43. The molecule has 0 N–H and O–H groups in total. The number of oxime groups is 1. The van der Waals surface area contributed by atoms with Gasteiger partial charge in [0.05, 0.1) is 5.71 Å². The fraction of sp³-hybridized carbons (Fsp3) is 0.667. The summed E-state index contributed by atoms with van der Waals surface area (Å²) in [6.45, 7) is 11.3. The Kier molecular flexibility index (Phi) is 18.1. The van der Waals surface area contributed by atoms with Gasteiger partial charge >= 0.3 is 0 Å². The van der Waals surface area contributed by atoms with Gasteiger partial charge in [-0.25, -0.2) is 0 Å². The Morgan fingerprint density at radius 1 is 1.18 bits per heavy atom. The molecule has 11 heavy (non-hydrogen) atoms. The lowest BCUT2D eigenvalue weighted by Gasteiger charge is -1.83. The van der Waals surface area contributed by atoms with Crippen molar-refractivity contribution in [1.82, 2.24) is 0 Å². The molecule has 0 saturated heterocycles. The lowest BCUT2D eigenvalue weighted by atomic mass is 10.4. The molecule has 0 atom stereocenters. The monoisotopic (exact) mass is 159 g/mol. The number of rotatable bonds is 1. The molecule has 0 unspecified atom stereocenters. The third-order valence-electron chi connectivity index (χ3n) is 0.274. The summed E-state index contributed by atoms with van der Waals surface area (Å²) in [6, 6.07) is 0. The van der Waals surface area contributed by atoms with E-state index in [1.165, 1.54) is 12.7 Å². The zero-order valence-electron chi connectivity index (χ0n) is 7.56. The predicted octanol–water partition coefficient (Wildman–Crippen LogP) is 3.25. The van der Waals surface area contributed by atoms with Crippen LogP contribution >= 0.6 is 0 Å². The second kappa shape index (κ2) is 11.9. The first-order valence-electron chi connectivity index (χ1n) is 3.17. The highest BCUT2D eigenvalue weighted by atomic mass is 16.6. The summed E-state index contributed by atoms with van der Waals surface area (Å²) in [5.74, 6) is 0. The summed E-state index contributed by atoms with van der Waals surface area (Å²) in [5.41, 5.74) is 2.11. The Bertz CT molecular complexity index is 109. The van der Waals surface area contributed by atoms with Crippen LogP contribution in [0.15, 0.2) is 17.3 Å². The summed E-state index contributed by atoms with van der Waals surface area (Å²) in [4.78, 5) is 4.39. The van der Waals surface area contributed by atoms with Gasteiger partial charge in [-0.05, 0) is 27.7 Å². The van der Waals surface area contributed by atoms with Crippen LogP contribution in [-0.4, -0.2) is 12.8 Å². The van der Waals surface area contributed by atoms with E-state index in [4.69, 9.17) is 0 Å².